The first-order chi connectivity index (χ1) is 26.9. The Morgan fingerprint density at radius 2 is 0.719 bits per heavy atom. The lowest BCUT2D eigenvalue weighted by Gasteiger charge is -2.41. The van der Waals surface area contributed by atoms with Crippen molar-refractivity contribution in [2.24, 2.45) is 35.5 Å². The predicted octanol–water partition coefficient (Wildman–Crippen LogP) is 11.9. The van der Waals surface area contributed by atoms with E-state index in [2.05, 4.69) is 125 Å². The van der Waals surface area contributed by atoms with E-state index >= 15 is 0 Å². The van der Waals surface area contributed by atoms with Crippen LogP contribution < -0.4 is 0 Å². The minimum absolute atomic E-state index is 0.486. The fraction of sp³-hybridized carbons (Fsp3) is 1.00. The van der Waals surface area contributed by atoms with Crippen LogP contribution in [0.25, 0.3) is 0 Å². The molecule has 0 aromatic carbocycles. The molecule has 0 amide bonds. The summed E-state index contributed by atoms with van der Waals surface area (Å²) in [6.45, 7) is 47.1. The lowest BCUT2D eigenvalue weighted by molar-refractivity contribution is -0.0686. The maximum Gasteiger partial charge on any atom is 0.0828 e. The van der Waals surface area contributed by atoms with Gasteiger partial charge >= 0.3 is 0 Å². The Kier molecular flexibility index (Phi) is 30.3. The summed E-state index contributed by atoms with van der Waals surface area (Å²) in [4.78, 5) is 7.48. The number of hydrogen-bond donors (Lipinski definition) is 0. The van der Waals surface area contributed by atoms with E-state index in [1.54, 1.807) is 0 Å². The maximum absolute atomic E-state index is 5.93. The largest absolute Gasteiger partial charge is 0.378 e. The molecule has 4 fully saturated rings. The molecule has 0 bridgehead atoms. The average molecular weight is 810 g/mol. The Labute approximate surface area is 357 Å². The zero-order valence-corrected chi connectivity index (χ0v) is 41.3. The van der Waals surface area contributed by atoms with Crippen LogP contribution in [-0.4, -0.2) is 123 Å². The Morgan fingerprint density at radius 1 is 0.368 bits per heavy atom. The first-order valence-electron chi connectivity index (χ1n) is 24.6. The van der Waals surface area contributed by atoms with Crippen molar-refractivity contribution in [2.45, 2.75) is 224 Å². The fourth-order valence-corrected chi connectivity index (χ4v) is 7.73. The number of hydrogen-bond acceptors (Lipinski definition) is 7. The highest BCUT2D eigenvalue weighted by atomic mass is 16.5. The highest BCUT2D eigenvalue weighted by Gasteiger charge is 2.29. The van der Waals surface area contributed by atoms with Gasteiger partial charge in [-0.3, -0.25) is 14.7 Å². The Bertz CT molecular complexity index is 908. The minimum Gasteiger partial charge on any atom is -0.378 e. The van der Waals surface area contributed by atoms with E-state index in [1.807, 2.05) is 0 Å². The van der Waals surface area contributed by atoms with Gasteiger partial charge in [0.05, 0.1) is 24.4 Å². The van der Waals surface area contributed by atoms with Gasteiger partial charge in [0, 0.05) is 77.3 Å². The van der Waals surface area contributed by atoms with Crippen molar-refractivity contribution < 1.29 is 18.9 Å². The highest BCUT2D eigenvalue weighted by Crippen LogP contribution is 2.31. The normalized spacial score (nSPS) is 24.0. The summed E-state index contributed by atoms with van der Waals surface area (Å²) in [5.41, 5.74) is 0. The van der Waals surface area contributed by atoms with E-state index in [0.717, 1.165) is 88.1 Å². The van der Waals surface area contributed by atoms with Crippen LogP contribution in [0.2, 0.25) is 0 Å². The Balaban J connectivity index is 0.000000381. The molecule has 3 aliphatic heterocycles. The third kappa shape index (κ3) is 27.3. The summed E-state index contributed by atoms with van der Waals surface area (Å²) in [5.74, 6) is 4.88. The predicted molar refractivity (Wildman–Crippen MR) is 248 cm³/mol. The summed E-state index contributed by atoms with van der Waals surface area (Å²) in [6, 6.07) is 2.03. The first-order valence-corrected chi connectivity index (χ1v) is 24.6. The van der Waals surface area contributed by atoms with Crippen molar-refractivity contribution in [1.82, 2.24) is 14.7 Å². The van der Waals surface area contributed by atoms with Gasteiger partial charge in [-0.2, -0.15) is 0 Å². The molecule has 0 N–H and O–H groups in total. The molecule has 7 heteroatoms. The molecule has 0 aromatic heterocycles. The standard InChI is InChI=1S/C14H28O.C13H27NO.C12H25NO.C11H23NO/c1-11(2)9-10-15-14-7-5-13(6-8-14)12(3)4;1-11(2)7-9-15-13-6-5-8-14(10-13)12(3)4;1-10(2)6-8-14-12-5-7-13(9-12)11(3)4;1-9(2)5-6-13-11-7-12(8-11)10(3)4/h11-14H,5-10H2,1-4H3;11-13H,5-10H2,1-4H3;10-12H,5-9H2,1-4H3;9-11H,5-8H2,1-4H3. The summed E-state index contributed by atoms with van der Waals surface area (Å²) in [7, 11) is 0. The number of nitrogens with zero attached hydrogens (tertiary/aromatic N) is 3. The van der Waals surface area contributed by atoms with E-state index in [-0.39, 0.29) is 0 Å². The van der Waals surface area contributed by atoms with Crippen LogP contribution in [0.5, 0.6) is 0 Å². The van der Waals surface area contributed by atoms with Gasteiger partial charge in [0.25, 0.3) is 0 Å². The zero-order valence-electron chi connectivity index (χ0n) is 41.3. The van der Waals surface area contributed by atoms with Crippen molar-refractivity contribution in [2.75, 3.05) is 65.7 Å². The van der Waals surface area contributed by atoms with Gasteiger partial charge in [-0.05, 0) is 154 Å². The average Bonchev–Trinajstić information content (AvgIpc) is 3.59. The summed E-state index contributed by atoms with van der Waals surface area (Å²) >= 11 is 0. The summed E-state index contributed by atoms with van der Waals surface area (Å²) < 4.78 is 23.4. The monoisotopic (exact) mass is 810 g/mol. The second-order valence-corrected chi connectivity index (χ2v) is 21.0. The molecule has 2 unspecified atom stereocenters. The molecule has 3 saturated heterocycles. The van der Waals surface area contributed by atoms with Gasteiger partial charge < -0.3 is 18.9 Å². The van der Waals surface area contributed by atoms with Gasteiger partial charge in [0.1, 0.15) is 0 Å². The summed E-state index contributed by atoms with van der Waals surface area (Å²) in [6.07, 6.45) is 16.0. The topological polar surface area (TPSA) is 46.6 Å². The van der Waals surface area contributed by atoms with E-state index in [0.29, 0.717) is 42.5 Å². The lowest BCUT2D eigenvalue weighted by atomic mass is 9.80. The fourth-order valence-electron chi connectivity index (χ4n) is 7.73. The molecule has 3 heterocycles. The molecular weight excluding hydrogens is 707 g/mol. The van der Waals surface area contributed by atoms with E-state index in [9.17, 15) is 0 Å². The molecule has 0 spiro atoms. The molecule has 4 rings (SSSR count). The zero-order chi connectivity index (χ0) is 42.9. The van der Waals surface area contributed by atoms with Crippen molar-refractivity contribution in [3.63, 3.8) is 0 Å². The molecule has 7 nitrogen and oxygen atoms in total. The second-order valence-electron chi connectivity index (χ2n) is 21.0. The van der Waals surface area contributed by atoms with E-state index < -0.39 is 0 Å². The smallest absolute Gasteiger partial charge is 0.0828 e. The van der Waals surface area contributed by atoms with Crippen LogP contribution in [0, 0.1) is 35.5 Å². The van der Waals surface area contributed by atoms with Crippen molar-refractivity contribution >= 4 is 0 Å². The molecule has 2 atom stereocenters. The Morgan fingerprint density at radius 3 is 1.09 bits per heavy atom. The molecular formula is C50H103N3O4. The molecule has 57 heavy (non-hydrogen) atoms. The lowest BCUT2D eigenvalue weighted by Crippen LogP contribution is -2.55. The number of rotatable bonds is 20. The number of piperidine rings is 1. The number of likely N-dealkylation sites (tertiary alicyclic amines) is 3. The Hall–Kier alpha value is -0.280. The van der Waals surface area contributed by atoms with Gasteiger partial charge in [0.15, 0.2) is 0 Å². The van der Waals surface area contributed by atoms with Crippen LogP contribution in [0.3, 0.4) is 0 Å². The number of ether oxygens (including phenoxy) is 4. The van der Waals surface area contributed by atoms with Gasteiger partial charge in [-0.1, -0.05) is 69.2 Å². The van der Waals surface area contributed by atoms with Crippen LogP contribution >= 0.6 is 0 Å². The van der Waals surface area contributed by atoms with E-state index in [4.69, 9.17) is 18.9 Å². The molecule has 4 aliphatic rings. The second kappa shape index (κ2) is 31.5. The van der Waals surface area contributed by atoms with Crippen LogP contribution in [0.1, 0.15) is 181 Å². The van der Waals surface area contributed by atoms with Crippen LogP contribution in [0.15, 0.2) is 0 Å². The SMILES string of the molecule is CC(C)CCOC1CCC(C(C)C)CC1.CC(C)CCOC1CCCN(C(C)C)C1.CC(C)CCOC1CCN(C(C)C)C1.CC(C)CCOC1CN(C(C)C)C1. The molecule has 342 valence electrons. The summed E-state index contributed by atoms with van der Waals surface area (Å²) in [5, 5.41) is 0. The molecule has 0 radical (unpaired) electrons. The quantitative estimate of drug-likeness (QED) is 0.121. The van der Waals surface area contributed by atoms with Crippen molar-refractivity contribution in [3.05, 3.63) is 0 Å². The minimum atomic E-state index is 0.486. The van der Waals surface area contributed by atoms with Gasteiger partial charge in [-0.25, -0.2) is 0 Å². The van der Waals surface area contributed by atoms with Crippen molar-refractivity contribution in [3.8, 4) is 0 Å². The molecule has 1 saturated carbocycles. The van der Waals surface area contributed by atoms with E-state index in [1.165, 1.54) is 83.7 Å². The highest BCUT2D eigenvalue weighted by molar-refractivity contribution is 4.83. The van der Waals surface area contributed by atoms with Gasteiger partial charge in [-0.15, -0.1) is 0 Å². The first kappa shape index (κ1) is 54.7. The van der Waals surface area contributed by atoms with Crippen molar-refractivity contribution in [1.29, 1.82) is 0 Å². The third-order valence-corrected chi connectivity index (χ3v) is 12.5. The molecule has 0 aromatic rings. The van der Waals surface area contributed by atoms with Crippen LogP contribution in [-0.2, 0) is 18.9 Å². The van der Waals surface area contributed by atoms with Gasteiger partial charge in [0.2, 0.25) is 0 Å². The molecule has 1 aliphatic carbocycles. The third-order valence-electron chi connectivity index (χ3n) is 12.5. The van der Waals surface area contributed by atoms with Crippen LogP contribution in [0.4, 0.5) is 0 Å². The maximum atomic E-state index is 5.93.